The van der Waals surface area contributed by atoms with Gasteiger partial charge in [-0.1, -0.05) is 66.7 Å². The number of carboxylic acids is 1. The number of primary amides is 1. The van der Waals surface area contributed by atoms with Crippen molar-refractivity contribution < 1.29 is 20.9 Å². The van der Waals surface area contributed by atoms with Crippen LogP contribution in [-0.4, -0.2) is 23.8 Å². The van der Waals surface area contributed by atoms with Gasteiger partial charge in [0.05, 0.1) is 5.56 Å². The zero-order chi connectivity index (χ0) is 19.2. The first-order valence-corrected chi connectivity index (χ1v) is 8.46. The van der Waals surface area contributed by atoms with Crippen LogP contribution in [0.15, 0.2) is 78.9 Å². The summed E-state index contributed by atoms with van der Waals surface area (Å²) in [7, 11) is 0. The average Bonchev–Trinajstić information content (AvgIpc) is 3.01. The molecule has 0 saturated heterocycles. The predicted molar refractivity (Wildman–Crippen MR) is 105 cm³/mol. The molecule has 0 aliphatic heterocycles. The van der Waals surface area contributed by atoms with Crippen molar-refractivity contribution in [3.8, 4) is 11.1 Å². The van der Waals surface area contributed by atoms with Crippen LogP contribution in [0.25, 0.3) is 11.1 Å². The number of carboxylic acid groups (broad SMARTS) is 1. The van der Waals surface area contributed by atoms with Crippen molar-refractivity contribution in [1.29, 1.82) is 0 Å². The highest BCUT2D eigenvalue weighted by molar-refractivity contribution is 5.87. The molecule has 0 atom stereocenters. The molecule has 3 aromatic rings. The average molecular weight is 363 g/mol. The molecule has 1 aliphatic carbocycles. The van der Waals surface area contributed by atoms with Crippen molar-refractivity contribution in [2.45, 2.75) is 5.92 Å². The Balaban J connectivity index is 0.000000239. The third kappa shape index (κ3) is 4.15. The molecule has 0 unspecified atom stereocenters. The summed E-state index contributed by atoms with van der Waals surface area (Å²) in [4.78, 5) is 21.0. The molecule has 0 radical (unpaired) electrons. The van der Waals surface area contributed by atoms with Crippen LogP contribution in [0.4, 0.5) is 4.79 Å². The quantitative estimate of drug-likeness (QED) is 0.716. The molecule has 0 spiro atoms. The number of aromatic carboxylic acids is 1. The summed E-state index contributed by atoms with van der Waals surface area (Å²) in [5.74, 6) is -0.791. The minimum atomic E-state index is -0.879. The first kappa shape index (κ1) is 18.2. The van der Waals surface area contributed by atoms with Gasteiger partial charge in [0.1, 0.15) is 6.61 Å². The van der Waals surface area contributed by atoms with Crippen molar-refractivity contribution in [2.24, 2.45) is 5.73 Å². The highest BCUT2D eigenvalue weighted by atomic mass is 16.5. The van der Waals surface area contributed by atoms with E-state index in [0.717, 1.165) is 0 Å². The lowest BCUT2D eigenvalue weighted by atomic mass is 9.98. The molecular weight excluding hydrogens is 342 g/mol. The zero-order valence-corrected chi connectivity index (χ0v) is 14.5. The number of hydrogen-bond acceptors (Lipinski definition) is 3. The Morgan fingerprint density at radius 3 is 1.78 bits per heavy atom. The lowest BCUT2D eigenvalue weighted by molar-refractivity contribution is 0.0697. The molecule has 3 aromatic carbocycles. The van der Waals surface area contributed by atoms with E-state index in [1.807, 2.05) is 24.3 Å². The van der Waals surface area contributed by atoms with E-state index in [2.05, 4.69) is 24.3 Å². The second-order valence-corrected chi connectivity index (χ2v) is 6.03. The van der Waals surface area contributed by atoms with E-state index in [1.54, 1.807) is 30.3 Å². The third-order valence-electron chi connectivity index (χ3n) is 4.38. The van der Waals surface area contributed by atoms with Crippen LogP contribution in [0, 0.1) is 0 Å². The van der Waals surface area contributed by atoms with Crippen LogP contribution in [0.5, 0.6) is 0 Å². The summed E-state index contributed by atoms with van der Waals surface area (Å²) in [5, 5.41) is 8.38. The number of nitrogens with two attached hydrogens (primary N) is 1. The van der Waals surface area contributed by atoms with Crippen LogP contribution in [0.3, 0.4) is 0 Å². The Morgan fingerprint density at radius 1 is 0.852 bits per heavy atom. The topological polar surface area (TPSA) is 89.6 Å². The molecule has 1 amide bonds. The number of ether oxygens (including phenoxy) is 1. The smallest absolute Gasteiger partial charge is 0.404 e. The monoisotopic (exact) mass is 363 g/mol. The SMILES string of the molecule is NC(=O)OCC1c2ccccc2-c2ccccc21.O=C(O)c1ccccc1.[HH]. The fourth-order valence-electron chi connectivity index (χ4n) is 3.19. The van der Waals surface area contributed by atoms with Gasteiger partial charge in [0, 0.05) is 7.34 Å². The Morgan fingerprint density at radius 2 is 1.33 bits per heavy atom. The van der Waals surface area contributed by atoms with Crippen LogP contribution in [-0.2, 0) is 4.74 Å². The van der Waals surface area contributed by atoms with E-state index < -0.39 is 12.1 Å². The van der Waals surface area contributed by atoms with Gasteiger partial charge >= 0.3 is 12.1 Å². The fraction of sp³-hybridized carbons (Fsp3) is 0.0909. The van der Waals surface area contributed by atoms with Crippen LogP contribution in [0.2, 0.25) is 0 Å². The Labute approximate surface area is 158 Å². The van der Waals surface area contributed by atoms with Gasteiger partial charge in [-0.05, 0) is 34.4 Å². The van der Waals surface area contributed by atoms with Crippen molar-refractivity contribution in [3.63, 3.8) is 0 Å². The normalized spacial score (nSPS) is 11.6. The van der Waals surface area contributed by atoms with E-state index in [4.69, 9.17) is 15.6 Å². The molecule has 27 heavy (non-hydrogen) atoms. The fourth-order valence-corrected chi connectivity index (χ4v) is 3.19. The number of fused-ring (bicyclic) bond motifs is 3. The molecule has 4 rings (SSSR count). The first-order valence-electron chi connectivity index (χ1n) is 8.46. The zero-order valence-electron chi connectivity index (χ0n) is 14.5. The van der Waals surface area contributed by atoms with Crippen molar-refractivity contribution in [2.75, 3.05) is 6.61 Å². The summed E-state index contributed by atoms with van der Waals surface area (Å²) >= 11 is 0. The van der Waals surface area contributed by atoms with Crippen molar-refractivity contribution in [1.82, 2.24) is 0 Å². The lowest BCUT2D eigenvalue weighted by Crippen LogP contribution is -2.17. The van der Waals surface area contributed by atoms with E-state index in [0.29, 0.717) is 12.2 Å². The molecule has 3 N–H and O–H groups in total. The number of carbonyl (C=O) groups excluding carboxylic acids is 1. The van der Waals surface area contributed by atoms with Crippen LogP contribution >= 0.6 is 0 Å². The maximum Gasteiger partial charge on any atom is 0.404 e. The first-order chi connectivity index (χ1) is 13.1. The van der Waals surface area contributed by atoms with Crippen LogP contribution in [0.1, 0.15) is 28.8 Å². The number of benzene rings is 3. The maximum absolute atomic E-state index is 10.8. The Kier molecular flexibility index (Phi) is 5.52. The van der Waals surface area contributed by atoms with Gasteiger partial charge in [-0.15, -0.1) is 0 Å². The van der Waals surface area contributed by atoms with Gasteiger partial charge in [-0.3, -0.25) is 0 Å². The number of amides is 1. The minimum absolute atomic E-state index is 0. The molecule has 5 heteroatoms. The van der Waals surface area contributed by atoms with E-state index in [-0.39, 0.29) is 7.34 Å². The van der Waals surface area contributed by atoms with E-state index >= 15 is 0 Å². The molecule has 0 aromatic heterocycles. The highest BCUT2D eigenvalue weighted by Crippen LogP contribution is 2.44. The maximum atomic E-state index is 10.8. The van der Waals surface area contributed by atoms with Crippen LogP contribution < -0.4 is 5.73 Å². The van der Waals surface area contributed by atoms with Gasteiger partial charge in [0.25, 0.3) is 0 Å². The lowest BCUT2D eigenvalue weighted by Gasteiger charge is -2.12. The minimum Gasteiger partial charge on any atom is -0.478 e. The standard InChI is InChI=1S/C15H13NO2.C7H6O2.H2/c16-15(17)18-9-14-12-7-3-1-5-10(12)11-6-2-4-8-13(11)14;8-7(9)6-4-2-1-3-5-6;/h1-8,14H,9H2,(H2,16,17);1-5H,(H,8,9);1H. The van der Waals surface area contributed by atoms with Crippen molar-refractivity contribution >= 4 is 12.1 Å². The van der Waals surface area contributed by atoms with Gasteiger partial charge in [0.2, 0.25) is 0 Å². The van der Waals surface area contributed by atoms with Gasteiger partial charge in [0.15, 0.2) is 0 Å². The third-order valence-corrected chi connectivity index (χ3v) is 4.38. The number of hydrogen-bond donors (Lipinski definition) is 2. The molecule has 138 valence electrons. The van der Waals surface area contributed by atoms with Crippen molar-refractivity contribution in [3.05, 3.63) is 95.6 Å². The van der Waals surface area contributed by atoms with E-state index in [1.165, 1.54) is 22.3 Å². The summed E-state index contributed by atoms with van der Waals surface area (Å²) in [6, 6.07) is 24.7. The molecule has 0 fully saturated rings. The number of carbonyl (C=O) groups is 2. The Hall–Kier alpha value is -3.60. The summed E-state index contributed by atoms with van der Waals surface area (Å²) in [6.07, 6.45) is -0.725. The molecular formula is C22H21NO4. The summed E-state index contributed by atoms with van der Waals surface area (Å²) in [6.45, 7) is 0.295. The Bertz CT molecular complexity index is 914. The van der Waals surface area contributed by atoms with Gasteiger partial charge in [-0.25, -0.2) is 9.59 Å². The van der Waals surface area contributed by atoms with Gasteiger partial charge < -0.3 is 15.6 Å². The molecule has 0 bridgehead atoms. The van der Waals surface area contributed by atoms with E-state index in [9.17, 15) is 9.59 Å². The molecule has 0 saturated carbocycles. The molecule has 1 aliphatic rings. The second kappa shape index (κ2) is 8.19. The van der Waals surface area contributed by atoms with Gasteiger partial charge in [-0.2, -0.15) is 0 Å². The second-order valence-electron chi connectivity index (χ2n) is 6.03. The number of rotatable bonds is 3. The molecule has 0 heterocycles. The highest BCUT2D eigenvalue weighted by Gasteiger charge is 2.28. The largest absolute Gasteiger partial charge is 0.478 e. The molecule has 5 nitrogen and oxygen atoms in total. The predicted octanol–water partition coefficient (Wildman–Crippen LogP) is 4.53. The summed E-state index contributed by atoms with van der Waals surface area (Å²) in [5.41, 5.74) is 10.2. The summed E-state index contributed by atoms with van der Waals surface area (Å²) < 4.78 is 4.98.